The summed E-state index contributed by atoms with van der Waals surface area (Å²) in [5, 5.41) is 1.85. The monoisotopic (exact) mass is 299 g/mol. The van der Waals surface area contributed by atoms with Crippen LogP contribution in [0.5, 0.6) is 0 Å². The Morgan fingerprint density at radius 2 is 1.95 bits per heavy atom. The van der Waals surface area contributed by atoms with Crippen molar-refractivity contribution in [1.82, 2.24) is 4.67 Å². The fourth-order valence-electron chi connectivity index (χ4n) is 4.80. The van der Waals surface area contributed by atoms with Crippen molar-refractivity contribution in [2.24, 2.45) is 17.3 Å². The number of benzene rings is 1. The average molecular weight is 299 g/mol. The Kier molecular flexibility index (Phi) is 3.11. The van der Waals surface area contributed by atoms with Gasteiger partial charge in [-0.3, -0.25) is 4.67 Å². The van der Waals surface area contributed by atoms with Gasteiger partial charge in [-0.05, 0) is 68.2 Å². The molecule has 2 heteroatoms. The zero-order valence-electron chi connectivity index (χ0n) is 13.6. The normalized spacial score (nSPS) is 35.3. The molecule has 1 aromatic rings. The first kappa shape index (κ1) is 14.0. The van der Waals surface area contributed by atoms with Gasteiger partial charge in [-0.25, -0.2) is 0 Å². The van der Waals surface area contributed by atoms with Crippen molar-refractivity contribution in [2.45, 2.75) is 39.7 Å². The van der Waals surface area contributed by atoms with Crippen LogP contribution in [0.3, 0.4) is 0 Å². The predicted octanol–water partition coefficient (Wildman–Crippen LogP) is 5.41. The van der Waals surface area contributed by atoms with Crippen LogP contribution in [0.15, 0.2) is 41.2 Å². The van der Waals surface area contributed by atoms with Gasteiger partial charge < -0.3 is 0 Å². The molecule has 4 aliphatic rings. The van der Waals surface area contributed by atoms with Gasteiger partial charge in [0.05, 0.1) is 0 Å². The van der Waals surface area contributed by atoms with Gasteiger partial charge in [-0.1, -0.05) is 44.2 Å². The molecule has 0 aromatic heterocycles. The van der Waals surface area contributed by atoms with Gasteiger partial charge in [0.1, 0.15) is 0 Å². The molecular weight excluding hydrogens is 273 g/mol. The predicted molar refractivity (Wildman–Crippen MR) is 91.4 cm³/mol. The van der Waals surface area contributed by atoms with Crippen LogP contribution in [-0.4, -0.2) is 17.9 Å². The second kappa shape index (κ2) is 4.67. The lowest BCUT2D eigenvalue weighted by atomic mass is 9.49. The maximum absolute atomic E-state index is 2.78. The molecule has 1 nitrogen and oxygen atoms in total. The lowest BCUT2D eigenvalue weighted by Crippen LogP contribution is -2.49. The first-order valence-corrected chi connectivity index (χ1v) is 10.0. The van der Waals surface area contributed by atoms with Gasteiger partial charge in [0, 0.05) is 12.6 Å². The molecule has 1 aliphatic heterocycles. The first-order valence-electron chi connectivity index (χ1n) is 8.27. The quantitative estimate of drug-likeness (QED) is 0.660. The second-order valence-electron chi connectivity index (χ2n) is 7.69. The van der Waals surface area contributed by atoms with Crippen LogP contribution in [0.1, 0.15) is 45.2 Å². The summed E-state index contributed by atoms with van der Waals surface area (Å²) in [6, 6.07) is 11.6. The molecule has 1 fully saturated rings. The van der Waals surface area contributed by atoms with E-state index in [2.05, 4.69) is 62.4 Å². The van der Waals surface area contributed by atoms with Crippen molar-refractivity contribution in [1.29, 1.82) is 0 Å². The zero-order valence-corrected chi connectivity index (χ0v) is 14.5. The Labute approximate surface area is 130 Å². The van der Waals surface area contributed by atoms with Crippen molar-refractivity contribution in [3.63, 3.8) is 0 Å². The Hall–Kier alpha value is -0.650. The molecule has 3 aliphatic carbocycles. The molecule has 0 saturated heterocycles. The Bertz CT molecular complexity index is 589. The van der Waals surface area contributed by atoms with Gasteiger partial charge in [0.25, 0.3) is 0 Å². The highest BCUT2D eigenvalue weighted by atomic mass is 31.1. The molecule has 0 N–H and O–H groups in total. The van der Waals surface area contributed by atoms with Crippen LogP contribution in [0.25, 0.3) is 0 Å². The van der Waals surface area contributed by atoms with E-state index in [4.69, 9.17) is 0 Å². The van der Waals surface area contributed by atoms with Crippen LogP contribution in [0.4, 0.5) is 0 Å². The van der Waals surface area contributed by atoms with E-state index in [1.54, 1.807) is 0 Å². The molecule has 1 heterocycles. The standard InChI is InChI=1S/C19H26NP/c1-13(14-8-6-5-7-9-14)20-12-16-17-10-15(19(17,2)3)11-18(16)21(20)4/h5-9,13,15,17H,10-12H2,1-4H3. The highest BCUT2D eigenvalue weighted by Crippen LogP contribution is 2.70. The van der Waals surface area contributed by atoms with E-state index in [0.717, 1.165) is 11.8 Å². The first-order chi connectivity index (χ1) is 10.00. The molecule has 21 heavy (non-hydrogen) atoms. The molecule has 0 radical (unpaired) electrons. The average Bonchev–Trinajstić information content (AvgIpc) is 2.84. The summed E-state index contributed by atoms with van der Waals surface area (Å²) in [7, 11) is -0.0736. The molecule has 1 aromatic carbocycles. The third kappa shape index (κ3) is 1.90. The van der Waals surface area contributed by atoms with E-state index < -0.39 is 0 Å². The summed E-state index contributed by atoms with van der Waals surface area (Å²) >= 11 is 0. The van der Waals surface area contributed by atoms with Crippen molar-refractivity contribution < 1.29 is 0 Å². The lowest BCUT2D eigenvalue weighted by Gasteiger charge is -2.57. The summed E-state index contributed by atoms with van der Waals surface area (Å²) in [6.07, 6.45) is 2.85. The molecule has 4 unspecified atom stereocenters. The van der Waals surface area contributed by atoms with E-state index in [0.29, 0.717) is 11.5 Å². The number of hydrogen-bond donors (Lipinski definition) is 0. The number of rotatable bonds is 2. The fourth-order valence-corrected chi connectivity index (χ4v) is 7.25. The summed E-state index contributed by atoms with van der Waals surface area (Å²) < 4.78 is 2.78. The summed E-state index contributed by atoms with van der Waals surface area (Å²) in [5.41, 5.74) is 3.87. The number of nitrogens with zero attached hydrogens (tertiary/aromatic N) is 1. The van der Waals surface area contributed by atoms with Crippen LogP contribution in [0.2, 0.25) is 0 Å². The summed E-state index contributed by atoms with van der Waals surface area (Å²) in [5.74, 6) is 1.84. The van der Waals surface area contributed by atoms with E-state index in [1.165, 1.54) is 24.9 Å². The maximum Gasteiger partial charge on any atom is 0.0362 e. The second-order valence-corrected chi connectivity index (χ2v) is 9.79. The van der Waals surface area contributed by atoms with Crippen LogP contribution < -0.4 is 0 Å². The van der Waals surface area contributed by atoms with E-state index >= 15 is 0 Å². The third-order valence-corrected chi connectivity index (χ3v) is 9.05. The van der Waals surface area contributed by atoms with Crippen molar-refractivity contribution >= 4 is 8.07 Å². The zero-order chi connectivity index (χ0) is 14.8. The highest BCUT2D eigenvalue weighted by molar-refractivity contribution is 7.59. The molecule has 1 saturated carbocycles. The Morgan fingerprint density at radius 1 is 1.24 bits per heavy atom. The minimum atomic E-state index is -0.0736. The largest absolute Gasteiger partial charge is 0.268 e. The smallest absolute Gasteiger partial charge is 0.0362 e. The van der Waals surface area contributed by atoms with Gasteiger partial charge in [0.15, 0.2) is 0 Å². The minimum absolute atomic E-state index is 0.0736. The lowest BCUT2D eigenvalue weighted by molar-refractivity contribution is -0.00871. The van der Waals surface area contributed by atoms with E-state index in [1.807, 2.05) is 10.9 Å². The minimum Gasteiger partial charge on any atom is -0.268 e. The van der Waals surface area contributed by atoms with Gasteiger partial charge in [0.2, 0.25) is 0 Å². The van der Waals surface area contributed by atoms with Gasteiger partial charge in [-0.2, -0.15) is 0 Å². The van der Waals surface area contributed by atoms with Crippen molar-refractivity contribution in [2.75, 3.05) is 13.2 Å². The van der Waals surface area contributed by atoms with Crippen molar-refractivity contribution in [3.05, 3.63) is 46.8 Å². The summed E-state index contributed by atoms with van der Waals surface area (Å²) in [4.78, 5) is 0. The molecule has 112 valence electrons. The molecule has 4 atom stereocenters. The summed E-state index contributed by atoms with van der Waals surface area (Å²) in [6.45, 7) is 11.1. The third-order valence-electron chi connectivity index (χ3n) is 6.54. The molecular formula is C19H26NP. The Morgan fingerprint density at radius 3 is 2.62 bits per heavy atom. The fraction of sp³-hybridized carbons (Fsp3) is 0.579. The molecule has 0 spiro atoms. The molecule has 5 rings (SSSR count). The Balaban J connectivity index is 1.60. The molecule has 0 amide bonds. The highest BCUT2D eigenvalue weighted by Gasteiger charge is 2.56. The van der Waals surface area contributed by atoms with Crippen LogP contribution >= 0.6 is 8.07 Å². The van der Waals surface area contributed by atoms with Crippen molar-refractivity contribution in [3.8, 4) is 0 Å². The number of hydrogen-bond acceptors (Lipinski definition) is 1. The maximum atomic E-state index is 2.78. The van der Waals surface area contributed by atoms with Gasteiger partial charge >= 0.3 is 0 Å². The molecule has 2 bridgehead atoms. The topological polar surface area (TPSA) is 3.24 Å². The van der Waals surface area contributed by atoms with E-state index in [9.17, 15) is 0 Å². The SMILES string of the molecule is CC(c1ccccc1)N1CC2=C(CC3CC2C3(C)C)P1C. The van der Waals surface area contributed by atoms with Crippen LogP contribution in [-0.2, 0) is 0 Å². The van der Waals surface area contributed by atoms with E-state index in [-0.39, 0.29) is 8.07 Å². The number of allylic oxidation sites excluding steroid dienone is 1. The van der Waals surface area contributed by atoms with Gasteiger partial charge in [-0.15, -0.1) is 0 Å². The van der Waals surface area contributed by atoms with Crippen LogP contribution in [0, 0.1) is 17.3 Å².